The Kier molecular flexibility index (Phi) is 2.73. The van der Waals surface area contributed by atoms with E-state index in [4.69, 9.17) is 10.5 Å². The van der Waals surface area contributed by atoms with Crippen molar-refractivity contribution in [1.82, 2.24) is 0 Å². The molecule has 3 rings (SSSR count). The largest absolute Gasteiger partial charge is 0.374 e. The monoisotopic (exact) mass is 209 g/mol. The third-order valence-corrected chi connectivity index (χ3v) is 4.94. The van der Waals surface area contributed by atoms with Crippen molar-refractivity contribution >= 4 is 0 Å². The highest BCUT2D eigenvalue weighted by molar-refractivity contribution is 4.97. The van der Waals surface area contributed by atoms with Gasteiger partial charge in [-0.3, -0.25) is 0 Å². The quantitative estimate of drug-likeness (QED) is 0.719. The maximum Gasteiger partial charge on any atom is 0.0650 e. The summed E-state index contributed by atoms with van der Waals surface area (Å²) in [6.45, 7) is 0.834. The van der Waals surface area contributed by atoms with Crippen LogP contribution in [0.25, 0.3) is 0 Å². The first-order valence-electron chi connectivity index (χ1n) is 6.75. The van der Waals surface area contributed by atoms with E-state index in [1.807, 2.05) is 0 Å². The maximum atomic E-state index is 6.29. The second kappa shape index (κ2) is 4.06. The first-order valence-corrected chi connectivity index (χ1v) is 6.75. The summed E-state index contributed by atoms with van der Waals surface area (Å²) in [6.07, 6.45) is 10.8. The van der Waals surface area contributed by atoms with E-state index in [-0.39, 0.29) is 0 Å². The molecule has 0 aromatic carbocycles. The van der Waals surface area contributed by atoms with E-state index >= 15 is 0 Å². The van der Waals surface area contributed by atoms with Gasteiger partial charge < -0.3 is 10.5 Å². The number of rotatable bonds is 1. The van der Waals surface area contributed by atoms with Crippen molar-refractivity contribution in [2.45, 2.75) is 57.2 Å². The van der Waals surface area contributed by atoms with Crippen molar-refractivity contribution in [3.05, 3.63) is 0 Å². The number of ether oxygens (including phenoxy) is 1. The highest BCUT2D eigenvalue weighted by Crippen LogP contribution is 2.48. The SMILES string of the molecule is NCC1CCCC2C3CCCCC3OC12. The van der Waals surface area contributed by atoms with E-state index in [0.29, 0.717) is 18.1 Å². The van der Waals surface area contributed by atoms with Crippen LogP contribution in [-0.4, -0.2) is 18.8 Å². The van der Waals surface area contributed by atoms with Crippen molar-refractivity contribution in [2.75, 3.05) is 6.54 Å². The van der Waals surface area contributed by atoms with Gasteiger partial charge in [-0.2, -0.15) is 0 Å². The van der Waals surface area contributed by atoms with E-state index in [0.717, 1.165) is 18.4 Å². The molecule has 2 nitrogen and oxygen atoms in total. The summed E-state index contributed by atoms with van der Waals surface area (Å²) in [7, 11) is 0. The second-order valence-electron chi connectivity index (χ2n) is 5.68. The zero-order chi connectivity index (χ0) is 10.3. The van der Waals surface area contributed by atoms with Gasteiger partial charge in [-0.15, -0.1) is 0 Å². The maximum absolute atomic E-state index is 6.29. The molecule has 15 heavy (non-hydrogen) atoms. The van der Waals surface area contributed by atoms with Gasteiger partial charge in [0.1, 0.15) is 0 Å². The van der Waals surface area contributed by atoms with E-state index < -0.39 is 0 Å². The minimum Gasteiger partial charge on any atom is -0.374 e. The van der Waals surface area contributed by atoms with Crippen molar-refractivity contribution in [2.24, 2.45) is 23.5 Å². The van der Waals surface area contributed by atoms with Crippen LogP contribution in [0.5, 0.6) is 0 Å². The Morgan fingerprint density at radius 2 is 1.73 bits per heavy atom. The van der Waals surface area contributed by atoms with Gasteiger partial charge in [-0.1, -0.05) is 19.3 Å². The molecule has 2 saturated carbocycles. The van der Waals surface area contributed by atoms with Crippen molar-refractivity contribution < 1.29 is 4.74 Å². The fourth-order valence-electron chi connectivity index (χ4n) is 4.20. The Hall–Kier alpha value is -0.0800. The highest BCUT2D eigenvalue weighted by Gasteiger charge is 2.48. The standard InChI is InChI=1S/C13H23NO/c14-8-9-4-3-6-11-10-5-1-2-7-12(10)15-13(9)11/h9-13H,1-8,14H2. The molecule has 0 bridgehead atoms. The molecule has 0 spiro atoms. The summed E-state index contributed by atoms with van der Waals surface area (Å²) in [6, 6.07) is 0. The molecule has 2 aliphatic carbocycles. The van der Waals surface area contributed by atoms with Crippen LogP contribution in [0.15, 0.2) is 0 Å². The third kappa shape index (κ3) is 1.62. The first kappa shape index (κ1) is 10.1. The fraction of sp³-hybridized carbons (Fsp3) is 1.00. The zero-order valence-corrected chi connectivity index (χ0v) is 9.53. The fourth-order valence-corrected chi connectivity index (χ4v) is 4.20. The molecule has 86 valence electrons. The average molecular weight is 209 g/mol. The van der Waals surface area contributed by atoms with Crippen LogP contribution in [0, 0.1) is 17.8 Å². The molecule has 0 aromatic heterocycles. The summed E-state index contributed by atoms with van der Waals surface area (Å²) in [5, 5.41) is 0. The van der Waals surface area contributed by atoms with Crippen molar-refractivity contribution in [3.63, 3.8) is 0 Å². The van der Waals surface area contributed by atoms with Gasteiger partial charge in [-0.05, 0) is 50.0 Å². The van der Waals surface area contributed by atoms with Crippen LogP contribution in [0.4, 0.5) is 0 Å². The van der Waals surface area contributed by atoms with Crippen molar-refractivity contribution in [3.8, 4) is 0 Å². The van der Waals surface area contributed by atoms with E-state index in [1.165, 1.54) is 44.9 Å². The second-order valence-corrected chi connectivity index (χ2v) is 5.68. The molecule has 1 saturated heterocycles. The van der Waals surface area contributed by atoms with Gasteiger partial charge in [0.05, 0.1) is 12.2 Å². The highest BCUT2D eigenvalue weighted by atomic mass is 16.5. The van der Waals surface area contributed by atoms with Gasteiger partial charge in [0.25, 0.3) is 0 Å². The minimum atomic E-state index is 0.525. The number of hydrogen-bond acceptors (Lipinski definition) is 2. The normalized spacial score (nSPS) is 49.8. The smallest absolute Gasteiger partial charge is 0.0650 e. The van der Waals surface area contributed by atoms with Gasteiger partial charge in [0, 0.05) is 0 Å². The Balaban J connectivity index is 1.77. The molecule has 0 radical (unpaired) electrons. The van der Waals surface area contributed by atoms with E-state index in [1.54, 1.807) is 0 Å². The van der Waals surface area contributed by atoms with Gasteiger partial charge >= 0.3 is 0 Å². The average Bonchev–Trinajstić information content (AvgIpc) is 2.67. The minimum absolute atomic E-state index is 0.525. The number of fused-ring (bicyclic) bond motifs is 3. The van der Waals surface area contributed by atoms with Gasteiger partial charge in [0.2, 0.25) is 0 Å². The molecule has 5 atom stereocenters. The molecule has 2 N–H and O–H groups in total. The molecule has 1 heterocycles. The molecule has 2 heteroatoms. The Morgan fingerprint density at radius 1 is 0.933 bits per heavy atom. The lowest BCUT2D eigenvalue weighted by Gasteiger charge is -2.34. The molecule has 5 unspecified atom stereocenters. The predicted molar refractivity (Wildman–Crippen MR) is 60.5 cm³/mol. The number of nitrogens with two attached hydrogens (primary N) is 1. The Bertz CT molecular complexity index is 231. The van der Waals surface area contributed by atoms with Crippen LogP contribution < -0.4 is 5.73 Å². The van der Waals surface area contributed by atoms with Crippen molar-refractivity contribution in [1.29, 1.82) is 0 Å². The summed E-state index contributed by atoms with van der Waals surface area (Å²) < 4.78 is 6.29. The third-order valence-electron chi connectivity index (χ3n) is 4.94. The first-order chi connectivity index (χ1) is 7.40. The van der Waals surface area contributed by atoms with Crippen LogP contribution in [0.3, 0.4) is 0 Å². The molecule has 1 aliphatic heterocycles. The molecule has 3 fully saturated rings. The number of hydrogen-bond donors (Lipinski definition) is 1. The molecule has 0 aromatic rings. The lowest BCUT2D eigenvalue weighted by molar-refractivity contribution is -0.0223. The van der Waals surface area contributed by atoms with Gasteiger partial charge in [0.15, 0.2) is 0 Å². The lowest BCUT2D eigenvalue weighted by atomic mass is 9.70. The Morgan fingerprint density at radius 3 is 2.60 bits per heavy atom. The van der Waals surface area contributed by atoms with Crippen LogP contribution in [0.2, 0.25) is 0 Å². The lowest BCUT2D eigenvalue weighted by Crippen LogP contribution is -2.37. The summed E-state index contributed by atoms with van der Waals surface area (Å²) >= 11 is 0. The topological polar surface area (TPSA) is 35.2 Å². The van der Waals surface area contributed by atoms with Gasteiger partial charge in [-0.25, -0.2) is 0 Å². The summed E-state index contributed by atoms with van der Waals surface area (Å²) in [4.78, 5) is 0. The van der Waals surface area contributed by atoms with E-state index in [2.05, 4.69) is 0 Å². The Labute approximate surface area is 92.6 Å². The molecule has 0 amide bonds. The van der Waals surface area contributed by atoms with Crippen LogP contribution in [-0.2, 0) is 4.74 Å². The zero-order valence-electron chi connectivity index (χ0n) is 9.53. The molecular weight excluding hydrogens is 186 g/mol. The van der Waals surface area contributed by atoms with Crippen LogP contribution in [0.1, 0.15) is 44.9 Å². The molecular formula is C13H23NO. The van der Waals surface area contributed by atoms with E-state index in [9.17, 15) is 0 Å². The predicted octanol–water partition coefficient (Wildman–Crippen LogP) is 2.32. The molecule has 3 aliphatic rings. The summed E-state index contributed by atoms with van der Waals surface area (Å²) in [5.41, 5.74) is 5.87. The van der Waals surface area contributed by atoms with Crippen LogP contribution >= 0.6 is 0 Å². The summed E-state index contributed by atoms with van der Waals surface area (Å²) in [5.74, 6) is 2.41.